The molecular weight excluding hydrogens is 366 g/mol. The molecule has 7 heteroatoms. The van der Waals surface area contributed by atoms with E-state index in [9.17, 15) is 4.79 Å². The Hall–Kier alpha value is -3.61. The number of aryl methyl sites for hydroxylation is 1. The summed E-state index contributed by atoms with van der Waals surface area (Å²) in [5.41, 5.74) is 5.25. The van der Waals surface area contributed by atoms with Crippen molar-refractivity contribution in [2.24, 2.45) is 7.05 Å². The lowest BCUT2D eigenvalue weighted by molar-refractivity contribution is -0.132. The van der Waals surface area contributed by atoms with E-state index in [0.29, 0.717) is 25.4 Å². The van der Waals surface area contributed by atoms with E-state index in [1.165, 1.54) is 0 Å². The van der Waals surface area contributed by atoms with Crippen LogP contribution in [0.1, 0.15) is 22.6 Å². The van der Waals surface area contributed by atoms with Gasteiger partial charge in [0.2, 0.25) is 5.91 Å². The molecule has 0 N–H and O–H groups in total. The third kappa shape index (κ3) is 3.35. The zero-order valence-corrected chi connectivity index (χ0v) is 16.2. The number of hydrogen-bond acceptors (Lipinski definition) is 4. The van der Waals surface area contributed by atoms with E-state index in [1.54, 1.807) is 18.5 Å². The maximum Gasteiger partial charge on any atom is 0.230 e. The van der Waals surface area contributed by atoms with Gasteiger partial charge in [-0.3, -0.25) is 14.5 Å². The quantitative estimate of drug-likeness (QED) is 0.540. The summed E-state index contributed by atoms with van der Waals surface area (Å²) in [6.45, 7) is 1.72. The Labute approximate surface area is 168 Å². The number of amides is 1. The summed E-state index contributed by atoms with van der Waals surface area (Å²) in [5, 5.41) is 4.85. The molecule has 0 fully saturated rings. The molecule has 5 heterocycles. The minimum Gasteiger partial charge on any atom is -0.469 e. The third-order valence-corrected chi connectivity index (χ3v) is 5.32. The van der Waals surface area contributed by atoms with Crippen molar-refractivity contribution in [3.8, 4) is 11.3 Å². The van der Waals surface area contributed by atoms with Gasteiger partial charge >= 0.3 is 0 Å². The van der Waals surface area contributed by atoms with Crippen LogP contribution in [-0.2, 0) is 37.9 Å². The van der Waals surface area contributed by atoms with Gasteiger partial charge in [-0.05, 0) is 29.8 Å². The predicted molar refractivity (Wildman–Crippen MR) is 107 cm³/mol. The first kappa shape index (κ1) is 17.5. The number of nitrogens with zero attached hydrogens (tertiary/aromatic N) is 5. The second kappa shape index (κ2) is 7.09. The highest BCUT2D eigenvalue weighted by Gasteiger charge is 2.27. The van der Waals surface area contributed by atoms with Crippen LogP contribution in [-0.4, -0.2) is 30.1 Å². The van der Waals surface area contributed by atoms with Crippen LogP contribution >= 0.6 is 0 Å². The summed E-state index contributed by atoms with van der Waals surface area (Å²) in [6.07, 6.45) is 9.53. The summed E-state index contributed by atoms with van der Waals surface area (Å²) < 4.78 is 9.37. The maximum absolute atomic E-state index is 13.0. The second-order valence-corrected chi connectivity index (χ2v) is 7.35. The topological polar surface area (TPSA) is 69.1 Å². The van der Waals surface area contributed by atoms with Gasteiger partial charge in [-0.2, -0.15) is 5.10 Å². The molecule has 0 unspecified atom stereocenters. The van der Waals surface area contributed by atoms with Crippen LogP contribution in [0.2, 0.25) is 0 Å². The van der Waals surface area contributed by atoms with E-state index in [1.807, 2.05) is 53.4 Å². The van der Waals surface area contributed by atoms with Crippen LogP contribution in [0.4, 0.5) is 0 Å². The normalized spacial score (nSPS) is 13.1. The first-order chi connectivity index (χ1) is 14.2. The van der Waals surface area contributed by atoms with Crippen LogP contribution in [0.15, 0.2) is 65.8 Å². The summed E-state index contributed by atoms with van der Waals surface area (Å²) >= 11 is 0. The average Bonchev–Trinajstić information content (AvgIpc) is 3.42. The number of pyridine rings is 1. The molecule has 0 atom stereocenters. The van der Waals surface area contributed by atoms with Crippen molar-refractivity contribution in [2.75, 3.05) is 0 Å². The zero-order chi connectivity index (χ0) is 19.8. The summed E-state index contributed by atoms with van der Waals surface area (Å²) in [6, 6.07) is 9.68. The van der Waals surface area contributed by atoms with Gasteiger partial charge in [0, 0.05) is 55.2 Å². The zero-order valence-electron chi connectivity index (χ0n) is 16.2. The summed E-state index contributed by atoms with van der Waals surface area (Å²) in [4.78, 5) is 19.0. The van der Waals surface area contributed by atoms with Gasteiger partial charge in [0.15, 0.2) is 0 Å². The van der Waals surface area contributed by atoms with E-state index in [2.05, 4.69) is 15.6 Å². The number of carbonyl (C=O) groups is 1. The smallest absolute Gasteiger partial charge is 0.230 e. The lowest BCUT2D eigenvalue weighted by atomic mass is 10.1. The summed E-state index contributed by atoms with van der Waals surface area (Å²) in [5.74, 6) is 0.721. The third-order valence-electron chi connectivity index (χ3n) is 5.32. The standard InChI is InChI=1S/C22H21N5O2/c1-25-8-6-19-20(25)15-26(21(28)10-18-5-3-9-29-18)13-17-14-27(24-22(17)19)12-16-4-2-7-23-11-16/h2-9,11,14H,10,12-13,15H2,1H3. The molecule has 1 aliphatic heterocycles. The van der Waals surface area contributed by atoms with Gasteiger partial charge in [-0.15, -0.1) is 0 Å². The van der Waals surface area contributed by atoms with E-state index in [4.69, 9.17) is 9.52 Å². The van der Waals surface area contributed by atoms with E-state index in [0.717, 1.165) is 28.1 Å². The van der Waals surface area contributed by atoms with Crippen molar-refractivity contribution in [3.05, 3.63) is 84.0 Å². The Bertz CT molecular complexity index is 1140. The molecule has 0 saturated heterocycles. The van der Waals surface area contributed by atoms with Crippen molar-refractivity contribution >= 4 is 5.91 Å². The molecule has 4 aromatic rings. The predicted octanol–water partition coefficient (Wildman–Crippen LogP) is 3.01. The van der Waals surface area contributed by atoms with Gasteiger partial charge in [-0.25, -0.2) is 0 Å². The molecular formula is C22H21N5O2. The Morgan fingerprint density at radius 1 is 1.21 bits per heavy atom. The van der Waals surface area contributed by atoms with Crippen molar-refractivity contribution in [1.29, 1.82) is 0 Å². The number of hydrogen-bond donors (Lipinski definition) is 0. The van der Waals surface area contributed by atoms with Gasteiger partial charge in [0.1, 0.15) is 5.76 Å². The van der Waals surface area contributed by atoms with Crippen molar-refractivity contribution in [3.63, 3.8) is 0 Å². The second-order valence-electron chi connectivity index (χ2n) is 7.35. The minimum absolute atomic E-state index is 0.0416. The van der Waals surface area contributed by atoms with Crippen LogP contribution < -0.4 is 0 Å². The van der Waals surface area contributed by atoms with Crippen LogP contribution in [0.3, 0.4) is 0 Å². The molecule has 1 aliphatic rings. The first-order valence-electron chi connectivity index (χ1n) is 9.57. The molecule has 5 rings (SSSR count). The van der Waals surface area contributed by atoms with Crippen molar-refractivity contribution in [1.82, 2.24) is 24.2 Å². The van der Waals surface area contributed by atoms with Gasteiger partial charge in [0.05, 0.1) is 31.5 Å². The molecule has 1 amide bonds. The minimum atomic E-state index is 0.0416. The molecule has 0 saturated carbocycles. The lowest BCUT2D eigenvalue weighted by Gasteiger charge is -2.21. The fraction of sp³-hybridized carbons (Fsp3) is 0.227. The van der Waals surface area contributed by atoms with E-state index in [-0.39, 0.29) is 12.3 Å². The van der Waals surface area contributed by atoms with Crippen molar-refractivity contribution in [2.45, 2.75) is 26.1 Å². The number of fused-ring (bicyclic) bond motifs is 3. The average molecular weight is 387 g/mol. The monoisotopic (exact) mass is 387 g/mol. The fourth-order valence-corrected chi connectivity index (χ4v) is 3.83. The SMILES string of the molecule is Cn1ccc2c1CN(C(=O)Cc1ccco1)Cc1cn(Cc3cccnc3)nc1-2. The van der Waals surface area contributed by atoms with Gasteiger partial charge in [0.25, 0.3) is 0 Å². The lowest BCUT2D eigenvalue weighted by Crippen LogP contribution is -2.31. The van der Waals surface area contributed by atoms with E-state index < -0.39 is 0 Å². The highest BCUT2D eigenvalue weighted by molar-refractivity contribution is 5.79. The number of aromatic nitrogens is 4. The largest absolute Gasteiger partial charge is 0.469 e. The van der Waals surface area contributed by atoms with E-state index >= 15 is 0 Å². The Kier molecular flexibility index (Phi) is 4.27. The molecule has 29 heavy (non-hydrogen) atoms. The fourth-order valence-electron chi connectivity index (χ4n) is 3.83. The molecule has 0 bridgehead atoms. The maximum atomic E-state index is 13.0. The highest BCUT2D eigenvalue weighted by atomic mass is 16.3. The molecule has 7 nitrogen and oxygen atoms in total. The number of furan rings is 1. The molecule has 0 spiro atoms. The number of rotatable bonds is 4. The Morgan fingerprint density at radius 2 is 2.14 bits per heavy atom. The van der Waals surface area contributed by atoms with Crippen LogP contribution in [0, 0.1) is 0 Å². The molecule has 0 aromatic carbocycles. The molecule has 146 valence electrons. The van der Waals surface area contributed by atoms with Crippen LogP contribution in [0.5, 0.6) is 0 Å². The van der Waals surface area contributed by atoms with Crippen LogP contribution in [0.25, 0.3) is 11.3 Å². The molecule has 4 aromatic heterocycles. The Balaban J connectivity index is 1.48. The number of carbonyl (C=O) groups excluding carboxylic acids is 1. The van der Waals surface area contributed by atoms with Gasteiger partial charge in [-0.1, -0.05) is 6.07 Å². The van der Waals surface area contributed by atoms with Gasteiger partial charge < -0.3 is 13.9 Å². The first-order valence-corrected chi connectivity index (χ1v) is 9.57. The molecule has 0 aliphatic carbocycles. The van der Waals surface area contributed by atoms with Crippen molar-refractivity contribution < 1.29 is 9.21 Å². The molecule has 0 radical (unpaired) electrons. The summed E-state index contributed by atoms with van der Waals surface area (Å²) in [7, 11) is 2.01. The Morgan fingerprint density at radius 3 is 2.93 bits per heavy atom. The highest BCUT2D eigenvalue weighted by Crippen LogP contribution is 2.32.